The van der Waals surface area contributed by atoms with Crippen molar-refractivity contribution in [1.29, 1.82) is 0 Å². The molecule has 2 aromatic heterocycles. The quantitative estimate of drug-likeness (QED) is 0.723. The van der Waals surface area contributed by atoms with Gasteiger partial charge >= 0.3 is 0 Å². The molecule has 1 N–H and O–H groups in total. The lowest BCUT2D eigenvalue weighted by atomic mass is 10.2. The minimum atomic E-state index is -0.301. The molecule has 1 aliphatic heterocycles. The molecule has 0 aliphatic carbocycles. The van der Waals surface area contributed by atoms with E-state index in [4.69, 9.17) is 0 Å². The minimum Gasteiger partial charge on any atom is -0.345 e. The fourth-order valence-corrected chi connectivity index (χ4v) is 3.63. The van der Waals surface area contributed by atoms with E-state index in [2.05, 4.69) is 22.1 Å². The smallest absolute Gasteiger partial charge is 0.287 e. The van der Waals surface area contributed by atoms with Gasteiger partial charge in [-0.1, -0.05) is 43.3 Å². The largest absolute Gasteiger partial charge is 0.345 e. The van der Waals surface area contributed by atoms with Crippen molar-refractivity contribution >= 4 is 17.3 Å². The first-order chi connectivity index (χ1) is 14.2. The van der Waals surface area contributed by atoms with Crippen LogP contribution in [0.1, 0.15) is 33.6 Å². The molecule has 4 rings (SSSR count). The maximum Gasteiger partial charge on any atom is 0.287 e. The molecule has 0 saturated carbocycles. The second-order valence-corrected chi connectivity index (χ2v) is 7.13. The molecule has 0 bridgehead atoms. The third-order valence-electron chi connectivity index (χ3n) is 5.36. The molecule has 1 fully saturated rings. The van der Waals surface area contributed by atoms with Gasteiger partial charge in [0.2, 0.25) is 5.82 Å². The average molecular weight is 391 g/mol. The second-order valence-electron chi connectivity index (χ2n) is 7.13. The summed E-state index contributed by atoms with van der Waals surface area (Å²) in [4.78, 5) is 34.5. The lowest BCUT2D eigenvalue weighted by Gasteiger charge is -2.33. The van der Waals surface area contributed by atoms with E-state index in [9.17, 15) is 9.59 Å². The Kier molecular flexibility index (Phi) is 5.57. The summed E-state index contributed by atoms with van der Waals surface area (Å²) in [6.07, 6.45) is 1.77. The van der Waals surface area contributed by atoms with Crippen molar-refractivity contribution in [1.82, 2.24) is 24.5 Å². The lowest BCUT2D eigenvalue weighted by Crippen LogP contribution is -2.48. The number of piperazine rings is 1. The molecule has 7 heteroatoms. The summed E-state index contributed by atoms with van der Waals surface area (Å²) < 4.78 is 1.69. The number of nitrogens with zero attached hydrogens (tertiary/aromatic N) is 4. The molecule has 0 atom stereocenters. The number of imidazole rings is 1. The fourth-order valence-electron chi connectivity index (χ4n) is 3.63. The molecular weight excluding hydrogens is 366 g/mol. The minimum absolute atomic E-state index is 0.119. The van der Waals surface area contributed by atoms with Gasteiger partial charge in [-0.2, -0.15) is 0 Å². The third kappa shape index (κ3) is 4.00. The summed E-state index contributed by atoms with van der Waals surface area (Å²) in [5.41, 5.74) is 1.99. The van der Waals surface area contributed by atoms with E-state index in [0.717, 1.165) is 25.2 Å². The molecule has 29 heavy (non-hydrogen) atoms. The standard InChI is InChI=1S/C22H25N5O2/c1-2-25-12-14-26(15-13-25)22(29)19-18-10-6-7-11-27(18)20(24-19)21(28)23-16-17-8-4-3-5-9-17/h3-11H,2,12-16H2,1H3,(H,23,28). The Bertz CT molecular complexity index is 1010. The number of pyridine rings is 1. The van der Waals surface area contributed by atoms with Gasteiger partial charge in [-0.15, -0.1) is 0 Å². The summed E-state index contributed by atoms with van der Waals surface area (Å²) in [7, 11) is 0. The highest BCUT2D eigenvalue weighted by Gasteiger charge is 2.27. The summed E-state index contributed by atoms with van der Waals surface area (Å²) in [6, 6.07) is 15.2. The zero-order valence-corrected chi connectivity index (χ0v) is 16.5. The van der Waals surface area contributed by atoms with E-state index in [0.29, 0.717) is 30.8 Å². The van der Waals surface area contributed by atoms with Crippen molar-refractivity contribution in [3.8, 4) is 0 Å². The number of amides is 2. The average Bonchev–Trinajstić information content (AvgIpc) is 3.17. The van der Waals surface area contributed by atoms with Crippen LogP contribution in [0.4, 0.5) is 0 Å². The third-order valence-corrected chi connectivity index (χ3v) is 5.36. The highest BCUT2D eigenvalue weighted by molar-refractivity contribution is 6.02. The first-order valence-electron chi connectivity index (χ1n) is 9.98. The zero-order valence-electron chi connectivity index (χ0n) is 16.5. The van der Waals surface area contributed by atoms with Gasteiger partial charge in [0.05, 0.1) is 5.52 Å². The topological polar surface area (TPSA) is 69.9 Å². The van der Waals surface area contributed by atoms with Crippen LogP contribution in [0.15, 0.2) is 54.7 Å². The van der Waals surface area contributed by atoms with E-state index in [1.165, 1.54) is 0 Å². The number of carbonyl (C=O) groups excluding carboxylic acids is 2. The Hall–Kier alpha value is -3.19. The Morgan fingerprint density at radius 1 is 1.00 bits per heavy atom. The number of nitrogens with one attached hydrogen (secondary N) is 1. The van der Waals surface area contributed by atoms with Crippen LogP contribution in [0.5, 0.6) is 0 Å². The Morgan fingerprint density at radius 3 is 2.45 bits per heavy atom. The van der Waals surface area contributed by atoms with E-state index >= 15 is 0 Å². The number of carbonyl (C=O) groups is 2. The van der Waals surface area contributed by atoms with Crippen molar-refractivity contribution < 1.29 is 9.59 Å². The number of likely N-dealkylation sites (N-methyl/N-ethyl adjacent to an activating group) is 1. The molecule has 7 nitrogen and oxygen atoms in total. The predicted molar refractivity (Wildman–Crippen MR) is 111 cm³/mol. The van der Waals surface area contributed by atoms with Crippen LogP contribution in [0.2, 0.25) is 0 Å². The van der Waals surface area contributed by atoms with Crippen LogP contribution in [-0.4, -0.2) is 63.7 Å². The van der Waals surface area contributed by atoms with E-state index in [1.54, 1.807) is 10.6 Å². The molecule has 150 valence electrons. The molecule has 1 saturated heterocycles. The molecule has 0 radical (unpaired) electrons. The van der Waals surface area contributed by atoms with Crippen LogP contribution in [0.25, 0.3) is 5.52 Å². The van der Waals surface area contributed by atoms with Gasteiger partial charge in [0.1, 0.15) is 0 Å². The van der Waals surface area contributed by atoms with E-state index < -0.39 is 0 Å². The molecular formula is C22H25N5O2. The van der Waals surface area contributed by atoms with Crippen LogP contribution in [0.3, 0.4) is 0 Å². The fraction of sp³-hybridized carbons (Fsp3) is 0.318. The van der Waals surface area contributed by atoms with Crippen molar-refractivity contribution in [2.24, 2.45) is 0 Å². The van der Waals surface area contributed by atoms with E-state index in [-0.39, 0.29) is 17.6 Å². The lowest BCUT2D eigenvalue weighted by molar-refractivity contribution is 0.0640. The summed E-state index contributed by atoms with van der Waals surface area (Å²) in [5, 5.41) is 2.90. The summed E-state index contributed by atoms with van der Waals surface area (Å²) >= 11 is 0. The second kappa shape index (κ2) is 8.45. The Balaban J connectivity index is 1.56. The highest BCUT2D eigenvalue weighted by Crippen LogP contribution is 2.17. The first kappa shape index (κ1) is 19.1. The summed E-state index contributed by atoms with van der Waals surface area (Å²) in [5.74, 6) is -0.191. The van der Waals surface area contributed by atoms with Gasteiger partial charge in [0.25, 0.3) is 11.8 Å². The predicted octanol–water partition coefficient (Wildman–Crippen LogP) is 2.04. The Morgan fingerprint density at radius 2 is 1.72 bits per heavy atom. The van der Waals surface area contributed by atoms with Gasteiger partial charge in [-0.25, -0.2) is 4.98 Å². The molecule has 2 amide bonds. The van der Waals surface area contributed by atoms with Crippen LogP contribution >= 0.6 is 0 Å². The van der Waals surface area contributed by atoms with Gasteiger partial charge in [-0.3, -0.25) is 14.0 Å². The van der Waals surface area contributed by atoms with Crippen LogP contribution in [-0.2, 0) is 6.54 Å². The van der Waals surface area contributed by atoms with Crippen LogP contribution in [0, 0.1) is 0 Å². The van der Waals surface area contributed by atoms with Gasteiger partial charge < -0.3 is 15.1 Å². The number of hydrogen-bond donors (Lipinski definition) is 1. The van der Waals surface area contributed by atoms with Gasteiger partial charge in [0.15, 0.2) is 5.69 Å². The molecule has 3 heterocycles. The zero-order chi connectivity index (χ0) is 20.2. The maximum absolute atomic E-state index is 13.1. The maximum atomic E-state index is 13.1. The molecule has 3 aromatic rings. The number of rotatable bonds is 5. The molecule has 0 unspecified atom stereocenters. The number of hydrogen-bond acceptors (Lipinski definition) is 4. The van der Waals surface area contributed by atoms with E-state index in [1.807, 2.05) is 53.4 Å². The van der Waals surface area contributed by atoms with Crippen molar-refractivity contribution in [3.63, 3.8) is 0 Å². The SMILES string of the molecule is CCN1CCN(C(=O)c2nc(C(=O)NCc3ccccc3)n3ccccc23)CC1. The Labute approximate surface area is 169 Å². The molecule has 1 aromatic carbocycles. The first-order valence-corrected chi connectivity index (χ1v) is 9.98. The molecule has 0 spiro atoms. The highest BCUT2D eigenvalue weighted by atomic mass is 16.2. The number of fused-ring (bicyclic) bond motifs is 1. The van der Waals surface area contributed by atoms with Crippen LogP contribution < -0.4 is 5.32 Å². The van der Waals surface area contributed by atoms with Gasteiger partial charge in [-0.05, 0) is 24.2 Å². The normalized spacial score (nSPS) is 14.9. The molecule has 1 aliphatic rings. The number of benzene rings is 1. The van der Waals surface area contributed by atoms with Crippen molar-refractivity contribution in [2.75, 3.05) is 32.7 Å². The van der Waals surface area contributed by atoms with Crippen molar-refractivity contribution in [3.05, 3.63) is 71.8 Å². The van der Waals surface area contributed by atoms with Gasteiger partial charge in [0, 0.05) is 38.9 Å². The van der Waals surface area contributed by atoms with Crippen molar-refractivity contribution in [2.45, 2.75) is 13.5 Å². The number of aromatic nitrogens is 2. The summed E-state index contributed by atoms with van der Waals surface area (Å²) in [6.45, 7) is 6.59. The monoisotopic (exact) mass is 391 g/mol.